The van der Waals surface area contributed by atoms with Gasteiger partial charge in [0, 0.05) is 35.2 Å². The Labute approximate surface area is 189 Å². The molecule has 33 heavy (non-hydrogen) atoms. The average Bonchev–Trinajstić information content (AvgIpc) is 3.25. The van der Waals surface area contributed by atoms with E-state index in [2.05, 4.69) is 15.7 Å². The first-order valence-corrected chi connectivity index (χ1v) is 10.2. The van der Waals surface area contributed by atoms with Crippen LogP contribution < -0.4 is 10.6 Å². The molecule has 0 radical (unpaired) electrons. The van der Waals surface area contributed by atoms with E-state index in [0.29, 0.717) is 22.5 Å². The Balaban J connectivity index is 1.92. The summed E-state index contributed by atoms with van der Waals surface area (Å²) in [5.74, 6) is -0.579. The summed E-state index contributed by atoms with van der Waals surface area (Å²) < 4.78 is 6.83. The Hall–Kier alpha value is -4.47. The van der Waals surface area contributed by atoms with Crippen molar-refractivity contribution in [2.45, 2.75) is 19.9 Å². The van der Waals surface area contributed by atoms with Crippen LogP contribution in [0.1, 0.15) is 25.5 Å². The number of nitrogens with zero attached hydrogens (tertiary/aromatic N) is 3. The van der Waals surface area contributed by atoms with Crippen molar-refractivity contribution in [3.8, 4) is 16.9 Å². The molecule has 10 nitrogen and oxygen atoms in total. The first-order chi connectivity index (χ1) is 15.9. The number of carbonyl (C=O) groups is 2. The number of non-ortho nitro benzene ring substituents is 1. The van der Waals surface area contributed by atoms with Crippen LogP contribution >= 0.6 is 0 Å². The Morgan fingerprint density at radius 2 is 1.97 bits per heavy atom. The van der Waals surface area contributed by atoms with E-state index in [1.807, 2.05) is 30.3 Å². The largest absolute Gasteiger partial charge is 0.463 e. The fourth-order valence-corrected chi connectivity index (χ4v) is 3.71. The Morgan fingerprint density at radius 1 is 1.21 bits per heavy atom. The van der Waals surface area contributed by atoms with E-state index in [-0.39, 0.29) is 17.9 Å². The molecule has 1 aromatic heterocycles. The molecule has 0 spiro atoms. The monoisotopic (exact) mass is 447 g/mol. The number of ether oxygens (including phenoxy) is 1. The van der Waals surface area contributed by atoms with Gasteiger partial charge < -0.3 is 15.4 Å². The molecular weight excluding hydrogens is 426 g/mol. The molecule has 0 fully saturated rings. The van der Waals surface area contributed by atoms with Crippen molar-refractivity contribution in [2.75, 3.05) is 6.61 Å². The number of hydrogen-bond donors (Lipinski definition) is 2. The maximum Gasteiger partial charge on any atom is 0.338 e. The predicted molar refractivity (Wildman–Crippen MR) is 119 cm³/mol. The second-order valence-corrected chi connectivity index (χ2v) is 7.31. The second-order valence-electron chi connectivity index (χ2n) is 7.31. The van der Waals surface area contributed by atoms with Crippen molar-refractivity contribution in [1.29, 1.82) is 0 Å². The molecule has 2 aromatic carbocycles. The minimum atomic E-state index is -0.871. The van der Waals surface area contributed by atoms with Gasteiger partial charge in [0.2, 0.25) is 0 Å². The fraction of sp³-hybridized carbons (Fsp3) is 0.174. The molecule has 2 heterocycles. The zero-order valence-corrected chi connectivity index (χ0v) is 17.9. The molecule has 2 N–H and O–H groups in total. The topological polar surface area (TPSA) is 128 Å². The van der Waals surface area contributed by atoms with Gasteiger partial charge in [0.15, 0.2) is 0 Å². The highest BCUT2D eigenvalue weighted by Crippen LogP contribution is 2.35. The molecule has 0 bridgehead atoms. The number of amides is 2. The number of allylic oxidation sites excluding steroid dienone is 1. The lowest BCUT2D eigenvalue weighted by Gasteiger charge is -2.27. The van der Waals surface area contributed by atoms with Crippen LogP contribution in [0.15, 0.2) is 72.1 Å². The van der Waals surface area contributed by atoms with E-state index in [1.54, 1.807) is 36.9 Å². The lowest BCUT2D eigenvalue weighted by molar-refractivity contribution is -0.384. The van der Waals surface area contributed by atoms with Gasteiger partial charge in [-0.1, -0.05) is 30.3 Å². The number of aromatic nitrogens is 2. The maximum absolute atomic E-state index is 12.8. The summed E-state index contributed by atoms with van der Waals surface area (Å²) in [7, 11) is 0. The van der Waals surface area contributed by atoms with Crippen molar-refractivity contribution in [2.24, 2.45) is 0 Å². The van der Waals surface area contributed by atoms with Crippen LogP contribution in [0.25, 0.3) is 16.9 Å². The van der Waals surface area contributed by atoms with E-state index in [1.165, 1.54) is 12.1 Å². The van der Waals surface area contributed by atoms with Crippen molar-refractivity contribution >= 4 is 17.7 Å². The highest BCUT2D eigenvalue weighted by Gasteiger charge is 2.35. The van der Waals surface area contributed by atoms with Gasteiger partial charge in [-0.15, -0.1) is 0 Å². The number of nitro groups is 1. The van der Waals surface area contributed by atoms with Crippen molar-refractivity contribution in [3.05, 3.63) is 87.7 Å². The van der Waals surface area contributed by atoms with Gasteiger partial charge in [-0.25, -0.2) is 14.3 Å². The summed E-state index contributed by atoms with van der Waals surface area (Å²) in [4.78, 5) is 36.0. The molecule has 168 valence electrons. The van der Waals surface area contributed by atoms with Crippen molar-refractivity contribution in [3.63, 3.8) is 0 Å². The standard InChI is InChI=1S/C23H21N5O5/c1-3-33-22(29)19-14(2)24-23(30)25-21(19)18-13-27(16-9-5-4-6-10-16)26-20(18)15-8-7-11-17(12-15)28(31)32/h4-13,21H,3H2,1-2H3,(H2,24,25,30). The molecule has 0 saturated carbocycles. The second kappa shape index (κ2) is 8.95. The minimum absolute atomic E-state index is 0.0978. The van der Waals surface area contributed by atoms with Gasteiger partial charge in [0.05, 0.1) is 34.5 Å². The van der Waals surface area contributed by atoms with E-state index < -0.39 is 23.0 Å². The summed E-state index contributed by atoms with van der Waals surface area (Å²) in [6, 6.07) is 14.0. The number of para-hydroxylation sites is 1. The van der Waals surface area contributed by atoms with Crippen LogP contribution in [0.4, 0.5) is 10.5 Å². The summed E-state index contributed by atoms with van der Waals surface area (Å²) >= 11 is 0. The van der Waals surface area contributed by atoms with Gasteiger partial charge in [-0.05, 0) is 26.0 Å². The van der Waals surface area contributed by atoms with Gasteiger partial charge in [0.25, 0.3) is 5.69 Å². The maximum atomic E-state index is 12.8. The Morgan fingerprint density at radius 3 is 2.67 bits per heavy atom. The van der Waals surface area contributed by atoms with Gasteiger partial charge in [-0.3, -0.25) is 10.1 Å². The van der Waals surface area contributed by atoms with E-state index in [0.717, 1.165) is 5.69 Å². The molecule has 0 saturated heterocycles. The first kappa shape index (κ1) is 21.8. The lowest BCUT2D eigenvalue weighted by atomic mass is 9.93. The van der Waals surface area contributed by atoms with E-state index >= 15 is 0 Å². The first-order valence-electron chi connectivity index (χ1n) is 10.2. The predicted octanol–water partition coefficient (Wildman–Crippen LogP) is 3.64. The van der Waals surface area contributed by atoms with Crippen molar-refractivity contribution < 1.29 is 19.2 Å². The smallest absolute Gasteiger partial charge is 0.338 e. The van der Waals surface area contributed by atoms with Crippen LogP contribution in [0, 0.1) is 10.1 Å². The van der Waals surface area contributed by atoms with E-state index in [9.17, 15) is 19.7 Å². The van der Waals surface area contributed by atoms with Gasteiger partial charge in [-0.2, -0.15) is 5.10 Å². The van der Waals surface area contributed by atoms with Gasteiger partial charge in [0.1, 0.15) is 0 Å². The number of urea groups is 1. The summed E-state index contributed by atoms with van der Waals surface area (Å²) in [5, 5.41) is 21.4. The third kappa shape index (κ3) is 4.31. The fourth-order valence-electron chi connectivity index (χ4n) is 3.71. The van der Waals surface area contributed by atoms with E-state index in [4.69, 9.17) is 4.74 Å². The van der Waals surface area contributed by atoms with Crippen molar-refractivity contribution in [1.82, 2.24) is 20.4 Å². The number of esters is 1. The number of benzene rings is 2. The molecule has 1 aliphatic heterocycles. The molecule has 1 unspecified atom stereocenters. The molecule has 1 atom stereocenters. The van der Waals surface area contributed by atoms with Crippen LogP contribution in [-0.4, -0.2) is 33.3 Å². The Kier molecular flexibility index (Phi) is 5.90. The number of rotatable bonds is 6. The zero-order valence-electron chi connectivity index (χ0n) is 17.9. The normalized spacial score (nSPS) is 15.6. The van der Waals surface area contributed by atoms with Crippen LogP contribution in [0.3, 0.4) is 0 Å². The van der Waals surface area contributed by atoms with Crippen LogP contribution in [0.5, 0.6) is 0 Å². The lowest BCUT2D eigenvalue weighted by Crippen LogP contribution is -2.45. The van der Waals surface area contributed by atoms with Crippen LogP contribution in [-0.2, 0) is 9.53 Å². The summed E-state index contributed by atoms with van der Waals surface area (Å²) in [6.45, 7) is 3.48. The number of carbonyl (C=O) groups excluding carboxylic acids is 2. The number of hydrogen-bond acceptors (Lipinski definition) is 6. The molecular formula is C23H21N5O5. The molecule has 4 rings (SSSR count). The minimum Gasteiger partial charge on any atom is -0.463 e. The quantitative estimate of drug-likeness (QED) is 0.337. The highest BCUT2D eigenvalue weighted by molar-refractivity contribution is 5.95. The zero-order chi connectivity index (χ0) is 23.5. The summed E-state index contributed by atoms with van der Waals surface area (Å²) in [6.07, 6.45) is 1.70. The molecule has 0 aliphatic carbocycles. The van der Waals surface area contributed by atoms with Gasteiger partial charge >= 0.3 is 12.0 Å². The summed E-state index contributed by atoms with van der Waals surface area (Å²) in [5.41, 5.74) is 2.60. The molecule has 1 aliphatic rings. The third-order valence-electron chi connectivity index (χ3n) is 5.17. The van der Waals surface area contributed by atoms with Crippen LogP contribution in [0.2, 0.25) is 0 Å². The average molecular weight is 447 g/mol. The molecule has 2 amide bonds. The number of nitrogens with one attached hydrogen (secondary N) is 2. The Bertz CT molecular complexity index is 1270. The molecule has 10 heteroatoms. The third-order valence-corrected chi connectivity index (χ3v) is 5.17. The SMILES string of the molecule is CCOC(=O)C1=C(C)NC(=O)NC1c1cn(-c2ccccc2)nc1-c1cccc([N+](=O)[O-])c1. The molecule has 3 aromatic rings. The highest BCUT2D eigenvalue weighted by atomic mass is 16.6. The number of nitro benzene ring substituents is 1.